The van der Waals surface area contributed by atoms with E-state index in [-0.39, 0.29) is 0 Å². The number of methoxy groups -OCH3 is 1. The van der Waals surface area contributed by atoms with Crippen molar-refractivity contribution >= 4 is 25.7 Å². The summed E-state index contributed by atoms with van der Waals surface area (Å²) < 4.78 is 22.1. The first-order valence-electron chi connectivity index (χ1n) is 7.03. The zero-order valence-electron chi connectivity index (χ0n) is 12.9. The molecule has 2 aromatic carbocycles. The Bertz CT molecular complexity index is 638. The highest BCUT2D eigenvalue weighted by Gasteiger charge is 2.17. The second-order valence-corrected chi connectivity index (χ2v) is 5.45. The van der Waals surface area contributed by atoms with Crippen LogP contribution in [0.4, 0.5) is 0 Å². The van der Waals surface area contributed by atoms with Crippen molar-refractivity contribution in [2.75, 3.05) is 20.3 Å². The van der Waals surface area contributed by atoms with Gasteiger partial charge in [-0.2, -0.15) is 0 Å². The highest BCUT2D eigenvalue weighted by molar-refractivity contribution is 7.42. The van der Waals surface area contributed by atoms with E-state index >= 15 is 0 Å². The lowest BCUT2D eigenvalue weighted by Gasteiger charge is -2.18. The van der Waals surface area contributed by atoms with E-state index in [4.69, 9.17) is 18.3 Å². The smallest absolute Gasteiger partial charge is 0.397 e. The third-order valence-corrected chi connectivity index (χ3v) is 4.27. The first-order chi connectivity index (χ1) is 10.7. The number of carbonyl (C=O) groups excluding carboxylic acids is 1. The molecule has 0 spiro atoms. The quantitative estimate of drug-likeness (QED) is 0.534. The van der Waals surface area contributed by atoms with Crippen LogP contribution >= 0.6 is 8.60 Å². The van der Waals surface area contributed by atoms with E-state index in [0.29, 0.717) is 35.7 Å². The van der Waals surface area contributed by atoms with Gasteiger partial charge in [0, 0.05) is 16.3 Å². The van der Waals surface area contributed by atoms with Crippen molar-refractivity contribution in [1.82, 2.24) is 0 Å². The lowest BCUT2D eigenvalue weighted by molar-refractivity contribution is 0.112. The topological polar surface area (TPSA) is 54.0 Å². The van der Waals surface area contributed by atoms with E-state index in [1.165, 1.54) is 0 Å². The lowest BCUT2D eigenvalue weighted by Crippen LogP contribution is -1.99. The molecule has 0 atom stereocenters. The van der Waals surface area contributed by atoms with Crippen LogP contribution in [0.15, 0.2) is 30.3 Å². The maximum Gasteiger partial charge on any atom is 0.397 e. The summed E-state index contributed by atoms with van der Waals surface area (Å²) in [6, 6.07) is 9.01. The zero-order chi connectivity index (χ0) is 15.9. The number of aldehydes is 1. The standard InChI is InChI=1S/C16H19O5P/c1-4-19-22(20-5-2)21-15-8-6-7-13-14(18-3)10-9-12(11-17)16(13)15/h6-11H,4-5H2,1-3H3. The van der Waals surface area contributed by atoms with Crippen molar-refractivity contribution < 1.29 is 23.1 Å². The molecule has 2 rings (SSSR count). The van der Waals surface area contributed by atoms with Crippen molar-refractivity contribution in [1.29, 1.82) is 0 Å². The Kier molecular flexibility index (Phi) is 6.13. The van der Waals surface area contributed by atoms with E-state index in [2.05, 4.69) is 0 Å². The summed E-state index contributed by atoms with van der Waals surface area (Å²) in [5.74, 6) is 1.23. The number of hydrogen-bond donors (Lipinski definition) is 0. The van der Waals surface area contributed by atoms with Gasteiger partial charge in [0.15, 0.2) is 6.29 Å². The molecule has 0 radical (unpaired) electrons. The molecular weight excluding hydrogens is 303 g/mol. The van der Waals surface area contributed by atoms with Crippen LogP contribution in [0.2, 0.25) is 0 Å². The Labute approximate surface area is 131 Å². The molecule has 0 aliphatic rings. The van der Waals surface area contributed by atoms with Crippen LogP contribution in [0.3, 0.4) is 0 Å². The fourth-order valence-corrected chi connectivity index (χ4v) is 3.02. The summed E-state index contributed by atoms with van der Waals surface area (Å²) in [5, 5.41) is 1.51. The van der Waals surface area contributed by atoms with Gasteiger partial charge in [-0.25, -0.2) is 0 Å². The summed E-state index contributed by atoms with van der Waals surface area (Å²) in [4.78, 5) is 11.4. The van der Waals surface area contributed by atoms with E-state index in [1.54, 1.807) is 25.3 Å². The number of rotatable bonds is 8. The van der Waals surface area contributed by atoms with Gasteiger partial charge in [0.05, 0.1) is 20.3 Å². The van der Waals surface area contributed by atoms with E-state index in [9.17, 15) is 4.79 Å². The minimum absolute atomic E-state index is 0.486. The molecular formula is C16H19O5P. The van der Waals surface area contributed by atoms with Crippen LogP contribution < -0.4 is 9.26 Å². The number of carbonyl (C=O) groups is 1. The van der Waals surface area contributed by atoms with Gasteiger partial charge in [-0.3, -0.25) is 4.79 Å². The van der Waals surface area contributed by atoms with E-state index < -0.39 is 8.60 Å². The molecule has 0 N–H and O–H groups in total. The minimum atomic E-state index is -1.50. The van der Waals surface area contributed by atoms with Crippen LogP contribution in [0.25, 0.3) is 10.8 Å². The first kappa shape index (κ1) is 16.7. The zero-order valence-corrected chi connectivity index (χ0v) is 13.8. The van der Waals surface area contributed by atoms with Crippen molar-refractivity contribution in [3.05, 3.63) is 35.9 Å². The average molecular weight is 322 g/mol. The molecule has 0 heterocycles. The van der Waals surface area contributed by atoms with E-state index in [0.717, 1.165) is 11.7 Å². The maximum absolute atomic E-state index is 11.4. The van der Waals surface area contributed by atoms with Crippen molar-refractivity contribution in [3.63, 3.8) is 0 Å². The molecule has 22 heavy (non-hydrogen) atoms. The molecule has 2 aromatic rings. The molecule has 118 valence electrons. The van der Waals surface area contributed by atoms with Gasteiger partial charge >= 0.3 is 8.60 Å². The molecule has 0 unspecified atom stereocenters. The highest BCUT2D eigenvalue weighted by Crippen LogP contribution is 2.44. The second kappa shape index (κ2) is 8.08. The van der Waals surface area contributed by atoms with Gasteiger partial charge in [-0.05, 0) is 32.0 Å². The molecule has 0 fully saturated rings. The Balaban J connectivity index is 2.51. The van der Waals surface area contributed by atoms with Gasteiger partial charge in [-0.1, -0.05) is 12.1 Å². The van der Waals surface area contributed by atoms with Gasteiger partial charge in [0.2, 0.25) is 0 Å². The predicted molar refractivity (Wildman–Crippen MR) is 86.7 cm³/mol. The van der Waals surface area contributed by atoms with Crippen molar-refractivity contribution in [3.8, 4) is 11.5 Å². The Morgan fingerprint density at radius 1 is 1.05 bits per heavy atom. The number of fused-ring (bicyclic) bond motifs is 1. The van der Waals surface area contributed by atoms with Gasteiger partial charge < -0.3 is 18.3 Å². The molecule has 5 nitrogen and oxygen atoms in total. The molecule has 6 heteroatoms. The molecule has 0 aromatic heterocycles. The summed E-state index contributed by atoms with van der Waals surface area (Å²) in [6.07, 6.45) is 0.804. The van der Waals surface area contributed by atoms with Crippen molar-refractivity contribution in [2.24, 2.45) is 0 Å². The average Bonchev–Trinajstić information content (AvgIpc) is 2.54. The summed E-state index contributed by atoms with van der Waals surface area (Å²) >= 11 is 0. The predicted octanol–water partition coefficient (Wildman–Crippen LogP) is 4.34. The Morgan fingerprint density at radius 2 is 1.77 bits per heavy atom. The fraction of sp³-hybridized carbons (Fsp3) is 0.312. The minimum Gasteiger partial charge on any atom is -0.496 e. The summed E-state index contributed by atoms with van der Waals surface area (Å²) in [7, 11) is 0.0950. The van der Waals surface area contributed by atoms with Crippen LogP contribution in [0.5, 0.6) is 11.5 Å². The molecule has 0 amide bonds. The van der Waals surface area contributed by atoms with Crippen LogP contribution in [0.1, 0.15) is 24.2 Å². The molecule has 0 saturated carbocycles. The van der Waals surface area contributed by atoms with Crippen molar-refractivity contribution in [2.45, 2.75) is 13.8 Å². The largest absolute Gasteiger partial charge is 0.496 e. The molecule has 0 saturated heterocycles. The lowest BCUT2D eigenvalue weighted by atomic mass is 10.0. The third kappa shape index (κ3) is 3.55. The Hall–Kier alpha value is -1.68. The summed E-state index contributed by atoms with van der Waals surface area (Å²) in [6.45, 7) is 4.72. The van der Waals surface area contributed by atoms with Gasteiger partial charge in [-0.15, -0.1) is 0 Å². The fourth-order valence-electron chi connectivity index (χ4n) is 2.11. The molecule has 0 aliphatic carbocycles. The SMILES string of the molecule is CCOP(OCC)Oc1cccc2c(OC)ccc(C=O)c12. The van der Waals surface area contributed by atoms with Crippen LogP contribution in [0, 0.1) is 0 Å². The third-order valence-electron chi connectivity index (χ3n) is 2.98. The van der Waals surface area contributed by atoms with Crippen LogP contribution in [-0.2, 0) is 9.05 Å². The molecule has 0 bridgehead atoms. The molecule has 0 aliphatic heterocycles. The summed E-state index contributed by atoms with van der Waals surface area (Å²) in [5.41, 5.74) is 0.536. The number of benzene rings is 2. The highest BCUT2D eigenvalue weighted by atomic mass is 31.2. The number of hydrogen-bond acceptors (Lipinski definition) is 5. The van der Waals surface area contributed by atoms with Crippen LogP contribution in [-0.4, -0.2) is 26.6 Å². The van der Waals surface area contributed by atoms with Gasteiger partial charge in [0.1, 0.15) is 11.5 Å². The monoisotopic (exact) mass is 322 g/mol. The Morgan fingerprint density at radius 3 is 2.36 bits per heavy atom. The second-order valence-electron chi connectivity index (χ2n) is 4.30. The first-order valence-corrected chi connectivity index (χ1v) is 8.13. The normalized spacial score (nSPS) is 10.9. The van der Waals surface area contributed by atoms with Gasteiger partial charge in [0.25, 0.3) is 0 Å². The number of ether oxygens (including phenoxy) is 1. The maximum atomic E-state index is 11.4. The van der Waals surface area contributed by atoms with E-state index in [1.807, 2.05) is 26.0 Å².